The van der Waals surface area contributed by atoms with Crippen LogP contribution in [0, 0.1) is 26.7 Å². The number of carbonyl (C=O) groups is 1. The number of carbonyl (C=O) groups excluding carboxylic acids is 1. The minimum Gasteiger partial charge on any atom is -0.361 e. The number of likely N-dealkylation sites (tertiary alicyclic amines) is 1. The normalized spacial score (nSPS) is 16.9. The van der Waals surface area contributed by atoms with Crippen molar-refractivity contribution in [3.63, 3.8) is 0 Å². The molecule has 0 bridgehead atoms. The van der Waals surface area contributed by atoms with E-state index in [-0.39, 0.29) is 5.91 Å². The molecule has 152 valence electrons. The molecule has 3 aromatic rings. The molecule has 1 unspecified atom stereocenters. The molecule has 29 heavy (non-hydrogen) atoms. The van der Waals surface area contributed by atoms with Gasteiger partial charge in [0.25, 0.3) is 5.91 Å². The Morgan fingerprint density at radius 3 is 2.72 bits per heavy atom. The molecule has 6 heteroatoms. The average molecular weight is 393 g/mol. The summed E-state index contributed by atoms with van der Waals surface area (Å²) in [6, 6.07) is 12.5. The molecule has 1 fully saturated rings. The molecule has 0 saturated carbocycles. The van der Waals surface area contributed by atoms with Gasteiger partial charge < -0.3 is 9.42 Å². The van der Waals surface area contributed by atoms with Crippen LogP contribution in [0.2, 0.25) is 0 Å². The Hall–Kier alpha value is -2.89. The van der Waals surface area contributed by atoms with Crippen LogP contribution in [0.3, 0.4) is 0 Å². The van der Waals surface area contributed by atoms with Crippen molar-refractivity contribution >= 4 is 5.91 Å². The van der Waals surface area contributed by atoms with Gasteiger partial charge in [-0.1, -0.05) is 35.5 Å². The Labute approximate surface area is 171 Å². The zero-order chi connectivity index (χ0) is 20.4. The zero-order valence-corrected chi connectivity index (χ0v) is 17.4. The highest BCUT2D eigenvalue weighted by molar-refractivity contribution is 5.93. The van der Waals surface area contributed by atoms with Gasteiger partial charge in [0.2, 0.25) is 0 Å². The van der Waals surface area contributed by atoms with Gasteiger partial charge in [0, 0.05) is 24.3 Å². The highest BCUT2D eigenvalue weighted by Gasteiger charge is 2.29. The molecular weight excluding hydrogens is 364 g/mol. The van der Waals surface area contributed by atoms with Crippen molar-refractivity contribution in [3.8, 4) is 0 Å². The highest BCUT2D eigenvalue weighted by atomic mass is 16.5. The van der Waals surface area contributed by atoms with Crippen molar-refractivity contribution in [2.45, 2.75) is 46.6 Å². The number of benzene rings is 1. The van der Waals surface area contributed by atoms with Crippen LogP contribution in [0.1, 0.15) is 51.6 Å². The molecule has 1 aromatic carbocycles. The Balaban J connectivity index is 1.50. The molecule has 3 heterocycles. The van der Waals surface area contributed by atoms with Crippen LogP contribution in [-0.2, 0) is 13.0 Å². The summed E-state index contributed by atoms with van der Waals surface area (Å²) in [6.45, 7) is 7.88. The second-order valence-corrected chi connectivity index (χ2v) is 8.10. The Morgan fingerprint density at radius 2 is 2.00 bits per heavy atom. The van der Waals surface area contributed by atoms with Gasteiger partial charge in [-0.2, -0.15) is 5.10 Å². The summed E-state index contributed by atoms with van der Waals surface area (Å²) in [5.74, 6) is 1.12. The van der Waals surface area contributed by atoms with Crippen molar-refractivity contribution in [2.24, 2.45) is 5.92 Å². The summed E-state index contributed by atoms with van der Waals surface area (Å²) in [6.07, 6.45) is 3.17. The van der Waals surface area contributed by atoms with E-state index in [0.29, 0.717) is 23.9 Å². The lowest BCUT2D eigenvalue weighted by Crippen LogP contribution is -2.41. The molecule has 1 amide bonds. The molecular formula is C23H28N4O2. The molecule has 0 N–H and O–H groups in total. The summed E-state index contributed by atoms with van der Waals surface area (Å²) < 4.78 is 7.31. The molecule has 4 rings (SSSR count). The van der Waals surface area contributed by atoms with E-state index in [4.69, 9.17) is 4.52 Å². The number of nitrogens with zero attached hydrogens (tertiary/aromatic N) is 4. The third-order valence-corrected chi connectivity index (χ3v) is 5.77. The SMILES string of the molecule is Cc1cc(C)n(Cc2c(C(=O)N3CCCC(Cc4ccccc4)C3)noc2C)n1. The van der Waals surface area contributed by atoms with Gasteiger partial charge in [0.1, 0.15) is 5.76 Å². The quantitative estimate of drug-likeness (QED) is 0.660. The first-order valence-corrected chi connectivity index (χ1v) is 10.3. The summed E-state index contributed by atoms with van der Waals surface area (Å²) in [5, 5.41) is 8.65. The van der Waals surface area contributed by atoms with Crippen LogP contribution in [0.25, 0.3) is 0 Å². The van der Waals surface area contributed by atoms with Crippen molar-refractivity contribution in [1.29, 1.82) is 0 Å². The fraction of sp³-hybridized carbons (Fsp3) is 0.435. The van der Waals surface area contributed by atoms with E-state index < -0.39 is 0 Å². The maximum absolute atomic E-state index is 13.3. The van der Waals surface area contributed by atoms with Gasteiger partial charge in [-0.25, -0.2) is 0 Å². The lowest BCUT2D eigenvalue weighted by atomic mass is 9.91. The number of piperidine rings is 1. The van der Waals surface area contributed by atoms with E-state index in [1.165, 1.54) is 5.56 Å². The number of aryl methyl sites for hydroxylation is 3. The van der Waals surface area contributed by atoms with Crippen LogP contribution < -0.4 is 0 Å². The topological polar surface area (TPSA) is 64.2 Å². The molecule has 1 aliphatic rings. The number of amides is 1. The monoisotopic (exact) mass is 392 g/mol. The van der Waals surface area contributed by atoms with Crippen LogP contribution in [0.5, 0.6) is 0 Å². The molecule has 1 aliphatic heterocycles. The molecule has 1 atom stereocenters. The first-order chi connectivity index (χ1) is 14.0. The standard InChI is InChI=1S/C23H28N4O2/c1-16-12-17(2)27(24-16)15-21-18(3)29-25-22(21)23(28)26-11-7-10-20(14-26)13-19-8-5-4-6-9-19/h4-6,8-9,12,20H,7,10-11,13-15H2,1-3H3. The molecule has 0 radical (unpaired) electrons. The van der Waals surface area contributed by atoms with Gasteiger partial charge in [-0.15, -0.1) is 0 Å². The Kier molecular flexibility index (Phi) is 5.51. The van der Waals surface area contributed by atoms with Gasteiger partial charge in [0.15, 0.2) is 5.69 Å². The summed E-state index contributed by atoms with van der Waals surface area (Å²) in [5.41, 5.74) is 4.60. The second-order valence-electron chi connectivity index (χ2n) is 8.10. The van der Waals surface area contributed by atoms with Crippen LogP contribution in [-0.4, -0.2) is 38.8 Å². The zero-order valence-electron chi connectivity index (χ0n) is 17.4. The van der Waals surface area contributed by atoms with Gasteiger partial charge in [0.05, 0.1) is 12.2 Å². The fourth-order valence-corrected chi connectivity index (χ4v) is 4.24. The lowest BCUT2D eigenvalue weighted by Gasteiger charge is -2.32. The van der Waals surface area contributed by atoms with E-state index in [1.54, 1.807) is 0 Å². The maximum Gasteiger partial charge on any atom is 0.276 e. The first-order valence-electron chi connectivity index (χ1n) is 10.3. The predicted octanol–water partition coefficient (Wildman–Crippen LogP) is 3.94. The Bertz CT molecular complexity index is 990. The minimum atomic E-state index is -0.0313. The van der Waals surface area contributed by atoms with Gasteiger partial charge in [-0.05, 0) is 57.6 Å². The van der Waals surface area contributed by atoms with E-state index in [1.807, 2.05) is 42.5 Å². The lowest BCUT2D eigenvalue weighted by molar-refractivity contribution is 0.0661. The number of hydrogen-bond donors (Lipinski definition) is 0. The largest absolute Gasteiger partial charge is 0.361 e. The number of rotatable bonds is 5. The molecule has 6 nitrogen and oxygen atoms in total. The Morgan fingerprint density at radius 1 is 1.21 bits per heavy atom. The third-order valence-electron chi connectivity index (χ3n) is 5.77. The number of hydrogen-bond acceptors (Lipinski definition) is 4. The molecule has 0 spiro atoms. The van der Waals surface area contributed by atoms with Crippen molar-refractivity contribution in [1.82, 2.24) is 19.8 Å². The van der Waals surface area contributed by atoms with E-state index in [9.17, 15) is 4.79 Å². The predicted molar refractivity (Wildman–Crippen MR) is 111 cm³/mol. The number of aromatic nitrogens is 3. The highest BCUT2D eigenvalue weighted by Crippen LogP contribution is 2.24. The van der Waals surface area contributed by atoms with E-state index in [0.717, 1.165) is 49.3 Å². The summed E-state index contributed by atoms with van der Waals surface area (Å²) in [7, 11) is 0. The summed E-state index contributed by atoms with van der Waals surface area (Å²) in [4.78, 5) is 15.2. The smallest absolute Gasteiger partial charge is 0.276 e. The minimum absolute atomic E-state index is 0.0313. The van der Waals surface area contributed by atoms with Crippen molar-refractivity contribution in [2.75, 3.05) is 13.1 Å². The third kappa shape index (κ3) is 4.26. The second kappa shape index (κ2) is 8.23. The summed E-state index contributed by atoms with van der Waals surface area (Å²) >= 11 is 0. The van der Waals surface area contributed by atoms with E-state index >= 15 is 0 Å². The molecule has 1 saturated heterocycles. The van der Waals surface area contributed by atoms with Crippen molar-refractivity contribution in [3.05, 3.63) is 70.4 Å². The van der Waals surface area contributed by atoms with Gasteiger partial charge in [-0.3, -0.25) is 9.48 Å². The van der Waals surface area contributed by atoms with Crippen LogP contribution >= 0.6 is 0 Å². The van der Waals surface area contributed by atoms with E-state index in [2.05, 4.69) is 34.5 Å². The van der Waals surface area contributed by atoms with Gasteiger partial charge >= 0.3 is 0 Å². The fourth-order valence-electron chi connectivity index (χ4n) is 4.24. The molecule has 2 aromatic heterocycles. The molecule has 0 aliphatic carbocycles. The average Bonchev–Trinajstić information content (AvgIpc) is 3.24. The first kappa shape index (κ1) is 19.4. The van der Waals surface area contributed by atoms with Crippen molar-refractivity contribution < 1.29 is 9.32 Å². The maximum atomic E-state index is 13.3. The van der Waals surface area contributed by atoms with Crippen LogP contribution in [0.4, 0.5) is 0 Å². The van der Waals surface area contributed by atoms with Crippen LogP contribution in [0.15, 0.2) is 40.9 Å².